The van der Waals surface area contributed by atoms with E-state index in [1.807, 2.05) is 0 Å². The molecule has 2 aromatic carbocycles. The smallest absolute Gasteiger partial charge is 0.309 e. The monoisotopic (exact) mass is 424 g/mol. The van der Waals surface area contributed by atoms with Crippen molar-refractivity contribution in [1.29, 1.82) is 0 Å². The zero-order valence-electron chi connectivity index (χ0n) is 17.9. The predicted octanol–water partition coefficient (Wildman–Crippen LogP) is 2.39. The minimum Gasteiger partial charge on any atom is -0.374 e. The maximum Gasteiger partial charge on any atom is 0.309 e. The maximum atomic E-state index is 13.0. The lowest BCUT2D eigenvalue weighted by Gasteiger charge is -2.28. The summed E-state index contributed by atoms with van der Waals surface area (Å²) < 4.78 is 13.0. The van der Waals surface area contributed by atoms with Gasteiger partial charge in [-0.1, -0.05) is 24.3 Å². The van der Waals surface area contributed by atoms with Crippen LogP contribution in [0.4, 0.5) is 10.1 Å². The number of likely N-dealkylation sites (tertiary alicyclic amines) is 1. The fourth-order valence-corrected chi connectivity index (χ4v) is 4.44. The Kier molecular flexibility index (Phi) is 6.51. The van der Waals surface area contributed by atoms with E-state index in [1.165, 1.54) is 28.9 Å². The second kappa shape index (κ2) is 9.47. The second-order valence-corrected chi connectivity index (χ2v) is 8.34. The number of halogens is 1. The highest BCUT2D eigenvalue weighted by Gasteiger charge is 2.26. The average Bonchev–Trinajstić information content (AvgIpc) is 3.43. The lowest BCUT2D eigenvalue weighted by molar-refractivity contribution is -0.139. The molecule has 1 saturated heterocycles. The van der Waals surface area contributed by atoms with E-state index in [0.717, 1.165) is 44.5 Å². The molecule has 2 aromatic rings. The Hall–Kier alpha value is -2.93. The molecule has 2 aliphatic heterocycles. The van der Waals surface area contributed by atoms with E-state index >= 15 is 0 Å². The number of rotatable bonds is 6. The van der Waals surface area contributed by atoms with Crippen molar-refractivity contribution in [3.05, 3.63) is 65.0 Å². The number of hydrogen-bond acceptors (Lipinski definition) is 4. The fourth-order valence-electron chi connectivity index (χ4n) is 4.44. The van der Waals surface area contributed by atoms with Gasteiger partial charge in [0.15, 0.2) is 0 Å². The molecule has 164 valence electrons. The molecular weight excluding hydrogens is 395 g/mol. The van der Waals surface area contributed by atoms with Crippen molar-refractivity contribution in [1.82, 2.24) is 15.5 Å². The number of nitrogens with zero attached hydrogens (tertiary/aromatic N) is 2. The summed E-state index contributed by atoms with van der Waals surface area (Å²) >= 11 is 0. The Labute approximate surface area is 182 Å². The third kappa shape index (κ3) is 5.05. The van der Waals surface area contributed by atoms with Crippen molar-refractivity contribution in [2.75, 3.05) is 38.1 Å². The normalized spacial score (nSPS) is 16.8. The summed E-state index contributed by atoms with van der Waals surface area (Å²) in [4.78, 5) is 29.3. The zero-order valence-corrected chi connectivity index (χ0v) is 17.9. The molecule has 0 unspecified atom stereocenters. The van der Waals surface area contributed by atoms with Gasteiger partial charge in [-0.15, -0.1) is 0 Å². The standard InChI is InChI=1S/C24H29FN4O2/c1-28-13-10-19-14-18(6-9-21(19)28)22(29-11-2-3-12-29)16-27-24(31)23(30)26-15-17-4-7-20(25)8-5-17/h4-9,14,22H,2-3,10-13,15-16H2,1H3,(H,26,30)(H,27,31)/t22-/m0/s1. The summed E-state index contributed by atoms with van der Waals surface area (Å²) in [5.74, 6) is -1.66. The van der Waals surface area contributed by atoms with Crippen molar-refractivity contribution in [3.63, 3.8) is 0 Å². The van der Waals surface area contributed by atoms with Crippen LogP contribution in [0.1, 0.15) is 35.6 Å². The van der Waals surface area contributed by atoms with Gasteiger partial charge in [0.1, 0.15) is 5.82 Å². The number of hydrogen-bond donors (Lipinski definition) is 2. The summed E-state index contributed by atoms with van der Waals surface area (Å²) in [5.41, 5.74) is 4.53. The van der Waals surface area contributed by atoms with Crippen LogP contribution in [-0.4, -0.2) is 49.9 Å². The molecule has 7 heteroatoms. The van der Waals surface area contributed by atoms with Crippen LogP contribution in [0.2, 0.25) is 0 Å². The first-order valence-electron chi connectivity index (χ1n) is 10.9. The number of carbonyl (C=O) groups is 2. The molecule has 0 bridgehead atoms. The van der Waals surface area contributed by atoms with Crippen LogP contribution < -0.4 is 15.5 Å². The van der Waals surface area contributed by atoms with Crippen molar-refractivity contribution in [2.24, 2.45) is 0 Å². The molecule has 31 heavy (non-hydrogen) atoms. The first-order valence-corrected chi connectivity index (χ1v) is 10.9. The van der Waals surface area contributed by atoms with E-state index < -0.39 is 11.8 Å². The predicted molar refractivity (Wildman–Crippen MR) is 118 cm³/mol. The van der Waals surface area contributed by atoms with Crippen LogP contribution in [0.5, 0.6) is 0 Å². The molecule has 0 aromatic heterocycles. The Morgan fingerprint density at radius 1 is 1.00 bits per heavy atom. The third-order valence-electron chi connectivity index (χ3n) is 6.23. The van der Waals surface area contributed by atoms with Gasteiger partial charge < -0.3 is 15.5 Å². The average molecular weight is 425 g/mol. The first kappa shape index (κ1) is 21.3. The fraction of sp³-hybridized carbons (Fsp3) is 0.417. The topological polar surface area (TPSA) is 64.7 Å². The number of nitrogens with one attached hydrogen (secondary N) is 2. The number of likely N-dealkylation sites (N-methyl/N-ethyl adjacent to an activating group) is 1. The first-order chi connectivity index (χ1) is 15.0. The number of benzene rings is 2. The molecule has 2 amide bonds. The van der Waals surface area contributed by atoms with E-state index in [0.29, 0.717) is 6.54 Å². The van der Waals surface area contributed by atoms with E-state index in [-0.39, 0.29) is 18.4 Å². The summed E-state index contributed by atoms with van der Waals surface area (Å²) in [5, 5.41) is 5.41. The minimum atomic E-state index is -0.680. The van der Waals surface area contributed by atoms with Crippen molar-refractivity contribution in [2.45, 2.75) is 31.8 Å². The van der Waals surface area contributed by atoms with E-state index in [4.69, 9.17) is 0 Å². The molecular formula is C24H29FN4O2. The molecule has 6 nitrogen and oxygen atoms in total. The molecule has 1 fully saturated rings. The highest BCUT2D eigenvalue weighted by Crippen LogP contribution is 2.32. The Morgan fingerprint density at radius 3 is 2.45 bits per heavy atom. The van der Waals surface area contributed by atoms with Crippen LogP contribution in [0, 0.1) is 5.82 Å². The Balaban J connectivity index is 1.37. The molecule has 2 aliphatic rings. The van der Waals surface area contributed by atoms with Crippen LogP contribution in [0.3, 0.4) is 0 Å². The van der Waals surface area contributed by atoms with E-state index in [9.17, 15) is 14.0 Å². The van der Waals surface area contributed by atoms with Crippen LogP contribution in [-0.2, 0) is 22.6 Å². The number of anilines is 1. The Bertz CT molecular complexity index is 941. The van der Waals surface area contributed by atoms with Gasteiger partial charge >= 0.3 is 11.8 Å². The van der Waals surface area contributed by atoms with Crippen molar-refractivity contribution in [3.8, 4) is 0 Å². The van der Waals surface area contributed by atoms with E-state index in [1.54, 1.807) is 12.1 Å². The Morgan fingerprint density at radius 2 is 1.71 bits per heavy atom. The van der Waals surface area contributed by atoms with Gasteiger partial charge in [0.25, 0.3) is 0 Å². The number of amides is 2. The van der Waals surface area contributed by atoms with Crippen LogP contribution >= 0.6 is 0 Å². The van der Waals surface area contributed by atoms with Gasteiger partial charge in [0, 0.05) is 32.4 Å². The van der Waals surface area contributed by atoms with Gasteiger partial charge in [-0.2, -0.15) is 0 Å². The molecule has 0 spiro atoms. The molecule has 0 radical (unpaired) electrons. The highest BCUT2D eigenvalue weighted by atomic mass is 19.1. The third-order valence-corrected chi connectivity index (χ3v) is 6.23. The van der Waals surface area contributed by atoms with Crippen molar-refractivity contribution < 1.29 is 14.0 Å². The SMILES string of the molecule is CN1CCc2cc([C@H](CNC(=O)C(=O)NCc3ccc(F)cc3)N3CCCC3)ccc21. The van der Waals surface area contributed by atoms with Gasteiger partial charge in [-0.3, -0.25) is 14.5 Å². The van der Waals surface area contributed by atoms with Gasteiger partial charge in [0.2, 0.25) is 0 Å². The van der Waals surface area contributed by atoms with Gasteiger partial charge in [-0.25, -0.2) is 4.39 Å². The summed E-state index contributed by atoms with van der Waals surface area (Å²) in [6.45, 7) is 3.58. The molecule has 0 aliphatic carbocycles. The molecule has 1 atom stereocenters. The number of carbonyl (C=O) groups excluding carboxylic acids is 2. The lowest BCUT2D eigenvalue weighted by atomic mass is 10.0. The molecule has 4 rings (SSSR count). The summed E-state index contributed by atoms with van der Waals surface area (Å²) in [6.07, 6.45) is 3.33. The lowest BCUT2D eigenvalue weighted by Crippen LogP contribution is -2.43. The highest BCUT2D eigenvalue weighted by molar-refractivity contribution is 6.35. The second-order valence-electron chi connectivity index (χ2n) is 8.34. The zero-order chi connectivity index (χ0) is 21.8. The molecule has 2 N–H and O–H groups in total. The molecule has 0 saturated carbocycles. The van der Waals surface area contributed by atoms with Crippen LogP contribution in [0.25, 0.3) is 0 Å². The maximum absolute atomic E-state index is 13.0. The van der Waals surface area contributed by atoms with Gasteiger partial charge in [-0.05, 0) is 67.2 Å². The minimum absolute atomic E-state index is 0.0487. The van der Waals surface area contributed by atoms with Gasteiger partial charge in [0.05, 0.1) is 6.04 Å². The molecule has 2 heterocycles. The largest absolute Gasteiger partial charge is 0.374 e. The van der Waals surface area contributed by atoms with Crippen molar-refractivity contribution >= 4 is 17.5 Å². The summed E-state index contributed by atoms with van der Waals surface area (Å²) in [7, 11) is 2.11. The number of fused-ring (bicyclic) bond motifs is 1. The van der Waals surface area contributed by atoms with Crippen LogP contribution in [0.15, 0.2) is 42.5 Å². The van der Waals surface area contributed by atoms with E-state index in [2.05, 4.69) is 45.7 Å². The summed E-state index contributed by atoms with van der Waals surface area (Å²) in [6, 6.07) is 12.4. The quantitative estimate of drug-likeness (QED) is 0.699.